The molecule has 0 aromatic heterocycles. The highest BCUT2D eigenvalue weighted by Gasteiger charge is 2.12. The van der Waals surface area contributed by atoms with Crippen LogP contribution in [0.2, 0.25) is 0 Å². The number of hydrogen-bond acceptors (Lipinski definition) is 2. The third-order valence-corrected chi connectivity index (χ3v) is 4.22. The Bertz CT molecular complexity index is 673. The molecule has 2 aromatic rings. The predicted octanol–water partition coefficient (Wildman–Crippen LogP) is 4.50. The van der Waals surface area contributed by atoms with Crippen LogP contribution in [0.25, 0.3) is 10.8 Å². The van der Waals surface area contributed by atoms with Crippen molar-refractivity contribution in [3.63, 3.8) is 0 Å². The summed E-state index contributed by atoms with van der Waals surface area (Å²) in [4.78, 5) is 0. The number of rotatable bonds is 2. The quantitative estimate of drug-likeness (QED) is 0.747. The zero-order valence-corrected chi connectivity index (χ0v) is 13.4. The van der Waals surface area contributed by atoms with Gasteiger partial charge in [0, 0.05) is 22.0 Å². The number of benzene rings is 2. The van der Waals surface area contributed by atoms with Crippen LogP contribution in [0.1, 0.15) is 24.8 Å². The van der Waals surface area contributed by atoms with E-state index in [0.29, 0.717) is 6.61 Å². The van der Waals surface area contributed by atoms with Crippen LogP contribution in [0.15, 0.2) is 40.9 Å². The highest BCUT2D eigenvalue weighted by atomic mass is 79.9. The molecule has 2 aromatic carbocycles. The molecule has 0 radical (unpaired) electrons. The Morgan fingerprint density at radius 2 is 2.05 bits per heavy atom. The topological polar surface area (TPSA) is 18.5 Å². The zero-order chi connectivity index (χ0) is 14.5. The predicted molar refractivity (Wildman–Crippen MR) is 88.1 cm³/mol. The van der Waals surface area contributed by atoms with Crippen molar-refractivity contribution in [3.05, 3.63) is 46.4 Å². The lowest BCUT2D eigenvalue weighted by Gasteiger charge is -2.21. The number of fused-ring (bicyclic) bond motifs is 1. The summed E-state index contributed by atoms with van der Waals surface area (Å²) in [6.07, 6.45) is 3.21. The third-order valence-electron chi connectivity index (χ3n) is 3.56. The Morgan fingerprint density at radius 1 is 1.19 bits per heavy atom. The summed E-state index contributed by atoms with van der Waals surface area (Å²) < 4.78 is 12.2. The Hall–Kier alpha value is -1.34. The lowest BCUT2D eigenvalue weighted by Crippen LogP contribution is -2.22. The maximum Gasteiger partial charge on any atom is 0.158 e. The molecule has 1 heterocycles. The molecule has 21 heavy (non-hydrogen) atoms. The van der Waals surface area contributed by atoms with E-state index in [9.17, 15) is 0 Å². The standard InChI is InChI=1S/C18H17BrO2/c19-16-10-4-8-14-6-3-7-15(18(14)16)9-5-13-21-17-11-1-2-12-20-17/h3-4,6-8,10,17H,1-2,11-13H2. The number of hydrogen-bond donors (Lipinski definition) is 0. The van der Waals surface area contributed by atoms with E-state index in [0.717, 1.165) is 34.9 Å². The SMILES string of the molecule is Brc1cccc2cccc(C#CCOC3CCCCO3)c12. The van der Waals surface area contributed by atoms with Gasteiger partial charge in [-0.2, -0.15) is 0 Å². The Kier molecular flexibility index (Phi) is 4.92. The minimum atomic E-state index is -0.0766. The van der Waals surface area contributed by atoms with Gasteiger partial charge < -0.3 is 9.47 Å². The van der Waals surface area contributed by atoms with Gasteiger partial charge in [0.1, 0.15) is 6.61 Å². The van der Waals surface area contributed by atoms with Crippen LogP contribution in [-0.4, -0.2) is 19.5 Å². The first-order chi connectivity index (χ1) is 10.3. The summed E-state index contributed by atoms with van der Waals surface area (Å²) in [6, 6.07) is 12.3. The van der Waals surface area contributed by atoms with Crippen LogP contribution in [-0.2, 0) is 9.47 Å². The van der Waals surface area contributed by atoms with Crippen LogP contribution in [0, 0.1) is 11.8 Å². The fourth-order valence-corrected chi connectivity index (χ4v) is 3.10. The van der Waals surface area contributed by atoms with E-state index in [2.05, 4.69) is 39.9 Å². The summed E-state index contributed by atoms with van der Waals surface area (Å²) in [7, 11) is 0. The summed E-state index contributed by atoms with van der Waals surface area (Å²) in [5.41, 5.74) is 1.02. The maximum absolute atomic E-state index is 5.64. The molecule has 1 atom stereocenters. The maximum atomic E-state index is 5.64. The van der Waals surface area contributed by atoms with Crippen molar-refractivity contribution >= 4 is 26.7 Å². The number of halogens is 1. The van der Waals surface area contributed by atoms with Crippen LogP contribution < -0.4 is 0 Å². The molecule has 3 heteroatoms. The van der Waals surface area contributed by atoms with Gasteiger partial charge in [-0.1, -0.05) is 52.0 Å². The van der Waals surface area contributed by atoms with Gasteiger partial charge >= 0.3 is 0 Å². The van der Waals surface area contributed by atoms with Crippen molar-refractivity contribution in [2.24, 2.45) is 0 Å². The van der Waals surface area contributed by atoms with Gasteiger partial charge in [0.15, 0.2) is 6.29 Å². The second-order valence-corrected chi connectivity index (χ2v) is 5.91. The van der Waals surface area contributed by atoms with Crippen molar-refractivity contribution in [2.75, 3.05) is 13.2 Å². The van der Waals surface area contributed by atoms with Gasteiger partial charge in [-0.3, -0.25) is 0 Å². The molecular weight excluding hydrogens is 328 g/mol. The molecule has 0 bridgehead atoms. The van der Waals surface area contributed by atoms with E-state index in [1.807, 2.05) is 24.3 Å². The lowest BCUT2D eigenvalue weighted by molar-refractivity contribution is -0.154. The lowest BCUT2D eigenvalue weighted by atomic mass is 10.1. The van der Waals surface area contributed by atoms with Crippen molar-refractivity contribution in [2.45, 2.75) is 25.6 Å². The molecule has 1 fully saturated rings. The van der Waals surface area contributed by atoms with Gasteiger partial charge in [0.25, 0.3) is 0 Å². The van der Waals surface area contributed by atoms with Gasteiger partial charge in [0.2, 0.25) is 0 Å². The van der Waals surface area contributed by atoms with Gasteiger partial charge in [0.05, 0.1) is 0 Å². The second kappa shape index (κ2) is 7.09. The fraction of sp³-hybridized carbons (Fsp3) is 0.333. The first kappa shape index (κ1) is 14.6. The highest BCUT2D eigenvalue weighted by molar-refractivity contribution is 9.10. The zero-order valence-electron chi connectivity index (χ0n) is 11.8. The minimum Gasteiger partial charge on any atom is -0.353 e. The molecule has 0 spiro atoms. The van der Waals surface area contributed by atoms with E-state index >= 15 is 0 Å². The van der Waals surface area contributed by atoms with Crippen molar-refractivity contribution in [1.82, 2.24) is 0 Å². The van der Waals surface area contributed by atoms with E-state index in [1.54, 1.807) is 0 Å². The van der Waals surface area contributed by atoms with Crippen LogP contribution >= 0.6 is 15.9 Å². The molecule has 2 nitrogen and oxygen atoms in total. The monoisotopic (exact) mass is 344 g/mol. The first-order valence-electron chi connectivity index (χ1n) is 7.24. The van der Waals surface area contributed by atoms with E-state index in [4.69, 9.17) is 9.47 Å². The van der Waals surface area contributed by atoms with E-state index < -0.39 is 0 Å². The summed E-state index contributed by atoms with van der Waals surface area (Å²) >= 11 is 3.60. The summed E-state index contributed by atoms with van der Waals surface area (Å²) in [6.45, 7) is 1.21. The molecule has 108 valence electrons. The van der Waals surface area contributed by atoms with Gasteiger partial charge in [-0.15, -0.1) is 0 Å². The second-order valence-electron chi connectivity index (χ2n) is 5.05. The van der Waals surface area contributed by atoms with E-state index in [-0.39, 0.29) is 6.29 Å². The van der Waals surface area contributed by atoms with Crippen molar-refractivity contribution in [1.29, 1.82) is 0 Å². The molecule has 0 N–H and O–H groups in total. The van der Waals surface area contributed by atoms with Gasteiger partial charge in [-0.05, 0) is 36.8 Å². The fourth-order valence-electron chi connectivity index (χ4n) is 2.51. The third kappa shape index (κ3) is 3.65. The van der Waals surface area contributed by atoms with E-state index in [1.165, 1.54) is 11.8 Å². The Balaban J connectivity index is 1.72. The van der Waals surface area contributed by atoms with Crippen LogP contribution in [0.4, 0.5) is 0 Å². The molecule has 0 aliphatic carbocycles. The molecule has 1 aliphatic rings. The molecular formula is C18H17BrO2. The average Bonchev–Trinajstić information content (AvgIpc) is 2.53. The van der Waals surface area contributed by atoms with Crippen LogP contribution in [0.3, 0.4) is 0 Å². The molecule has 1 aliphatic heterocycles. The molecule has 0 amide bonds. The number of ether oxygens (including phenoxy) is 2. The minimum absolute atomic E-state index is 0.0766. The van der Waals surface area contributed by atoms with Crippen molar-refractivity contribution in [3.8, 4) is 11.8 Å². The highest BCUT2D eigenvalue weighted by Crippen LogP contribution is 2.26. The average molecular weight is 345 g/mol. The Labute approximate surface area is 133 Å². The molecule has 3 rings (SSSR count). The summed E-state index contributed by atoms with van der Waals surface area (Å²) in [5, 5.41) is 2.34. The Morgan fingerprint density at radius 3 is 2.86 bits per heavy atom. The largest absolute Gasteiger partial charge is 0.353 e. The van der Waals surface area contributed by atoms with Gasteiger partial charge in [-0.25, -0.2) is 0 Å². The smallest absolute Gasteiger partial charge is 0.158 e. The molecule has 0 saturated carbocycles. The van der Waals surface area contributed by atoms with Crippen LogP contribution in [0.5, 0.6) is 0 Å². The summed E-state index contributed by atoms with van der Waals surface area (Å²) in [5.74, 6) is 6.30. The molecule has 1 saturated heterocycles. The first-order valence-corrected chi connectivity index (χ1v) is 8.03. The normalized spacial score (nSPS) is 18.2. The van der Waals surface area contributed by atoms with Crippen molar-refractivity contribution < 1.29 is 9.47 Å². The molecule has 1 unspecified atom stereocenters.